The van der Waals surface area contributed by atoms with Crippen molar-refractivity contribution in [2.24, 2.45) is 5.92 Å². The number of rotatable bonds is 3. The molecule has 0 saturated heterocycles. The first kappa shape index (κ1) is 10.0. The maximum Gasteiger partial charge on any atom is 0.160 e. The molecule has 0 spiro atoms. The van der Waals surface area contributed by atoms with E-state index in [0.717, 1.165) is 12.0 Å². The lowest BCUT2D eigenvalue weighted by atomic mass is 10.1. The molecule has 1 aromatic carbocycles. The molecule has 3 heteroatoms. The van der Waals surface area contributed by atoms with E-state index in [2.05, 4.69) is 0 Å². The highest BCUT2D eigenvalue weighted by atomic mass is 16.5. The highest BCUT2D eigenvalue weighted by Crippen LogP contribution is 2.49. The topological polar surface area (TPSA) is 46.5 Å². The van der Waals surface area contributed by atoms with Gasteiger partial charge in [0.2, 0.25) is 0 Å². The molecule has 2 rings (SSSR count). The van der Waals surface area contributed by atoms with Crippen LogP contribution in [0.3, 0.4) is 0 Å². The molecule has 3 nitrogen and oxygen atoms in total. The van der Waals surface area contributed by atoms with Crippen molar-refractivity contribution in [1.82, 2.24) is 0 Å². The number of hydrogen-bond acceptors (Lipinski definition) is 3. The van der Waals surface area contributed by atoms with Crippen LogP contribution in [0.2, 0.25) is 0 Å². The smallest absolute Gasteiger partial charge is 0.160 e. The summed E-state index contributed by atoms with van der Waals surface area (Å²) in [5, 5.41) is 9.42. The van der Waals surface area contributed by atoms with Gasteiger partial charge in [0.1, 0.15) is 5.78 Å². The van der Waals surface area contributed by atoms with Crippen LogP contribution in [0.5, 0.6) is 11.5 Å². The molecular weight excluding hydrogens is 192 g/mol. The van der Waals surface area contributed by atoms with E-state index in [1.54, 1.807) is 13.0 Å². The monoisotopic (exact) mass is 206 g/mol. The number of ether oxygens (including phenoxy) is 1. The van der Waals surface area contributed by atoms with Gasteiger partial charge < -0.3 is 9.84 Å². The number of benzene rings is 1. The molecular formula is C12H14O3. The minimum atomic E-state index is 0.140. The molecule has 15 heavy (non-hydrogen) atoms. The van der Waals surface area contributed by atoms with E-state index in [4.69, 9.17) is 4.74 Å². The van der Waals surface area contributed by atoms with E-state index < -0.39 is 0 Å². The van der Waals surface area contributed by atoms with Crippen molar-refractivity contribution in [3.8, 4) is 11.5 Å². The predicted molar refractivity (Wildman–Crippen MR) is 56.2 cm³/mol. The van der Waals surface area contributed by atoms with E-state index >= 15 is 0 Å². The molecule has 1 aliphatic carbocycles. The number of carbonyl (C=O) groups excluding carboxylic acids is 1. The first-order chi connectivity index (χ1) is 7.13. The van der Waals surface area contributed by atoms with Crippen LogP contribution < -0.4 is 4.74 Å². The largest absolute Gasteiger partial charge is 0.504 e. The highest BCUT2D eigenvalue weighted by Gasteiger charge is 2.41. The predicted octanol–water partition coefficient (Wildman–Crippen LogP) is 2.09. The third-order valence-electron chi connectivity index (χ3n) is 2.94. The lowest BCUT2D eigenvalue weighted by Crippen LogP contribution is -1.95. The number of methoxy groups -OCH3 is 1. The second-order valence-corrected chi connectivity index (χ2v) is 3.99. The minimum absolute atomic E-state index is 0.140. The summed E-state index contributed by atoms with van der Waals surface area (Å²) in [6.07, 6.45) is 0.920. The van der Waals surface area contributed by atoms with E-state index in [1.165, 1.54) is 7.11 Å². The molecule has 1 fully saturated rings. The first-order valence-electron chi connectivity index (χ1n) is 5.01. The summed E-state index contributed by atoms with van der Waals surface area (Å²) < 4.78 is 5.02. The van der Waals surface area contributed by atoms with Gasteiger partial charge in [-0.1, -0.05) is 6.07 Å². The molecule has 80 valence electrons. The molecule has 1 saturated carbocycles. The van der Waals surface area contributed by atoms with Crippen molar-refractivity contribution in [3.05, 3.63) is 23.8 Å². The molecule has 0 bridgehead atoms. The SMILES string of the molecule is COc1cc(C2CC2C(C)=O)ccc1O. The van der Waals surface area contributed by atoms with Crippen molar-refractivity contribution < 1.29 is 14.6 Å². The summed E-state index contributed by atoms with van der Waals surface area (Å²) in [4.78, 5) is 11.1. The van der Waals surface area contributed by atoms with Crippen molar-refractivity contribution in [2.45, 2.75) is 19.3 Å². The van der Waals surface area contributed by atoms with Gasteiger partial charge in [-0.3, -0.25) is 4.79 Å². The maximum absolute atomic E-state index is 11.1. The maximum atomic E-state index is 11.1. The van der Waals surface area contributed by atoms with Crippen LogP contribution in [0, 0.1) is 5.92 Å². The second-order valence-electron chi connectivity index (χ2n) is 3.99. The Morgan fingerprint density at radius 1 is 1.53 bits per heavy atom. The molecule has 0 aromatic heterocycles. The minimum Gasteiger partial charge on any atom is -0.504 e. The number of phenolic OH excluding ortho intramolecular Hbond substituents is 1. The van der Waals surface area contributed by atoms with Crippen LogP contribution >= 0.6 is 0 Å². The molecule has 0 amide bonds. The molecule has 1 N–H and O–H groups in total. The van der Waals surface area contributed by atoms with Gasteiger partial charge in [-0.2, -0.15) is 0 Å². The van der Waals surface area contributed by atoms with E-state index in [0.29, 0.717) is 11.7 Å². The van der Waals surface area contributed by atoms with Crippen LogP contribution in [0.15, 0.2) is 18.2 Å². The zero-order valence-corrected chi connectivity index (χ0v) is 8.86. The summed E-state index contributed by atoms with van der Waals surface area (Å²) in [5.74, 6) is 1.34. The molecule has 0 heterocycles. The summed E-state index contributed by atoms with van der Waals surface area (Å²) in [6.45, 7) is 1.63. The number of aromatic hydroxyl groups is 1. The number of phenols is 1. The summed E-state index contributed by atoms with van der Waals surface area (Å²) in [6, 6.07) is 5.28. The number of hydrogen-bond donors (Lipinski definition) is 1. The van der Waals surface area contributed by atoms with Crippen LogP contribution in [0.4, 0.5) is 0 Å². The number of ketones is 1. The Labute approximate surface area is 88.7 Å². The molecule has 0 radical (unpaired) electrons. The van der Waals surface area contributed by atoms with Crippen LogP contribution in [0.1, 0.15) is 24.8 Å². The Morgan fingerprint density at radius 3 is 2.80 bits per heavy atom. The Morgan fingerprint density at radius 2 is 2.27 bits per heavy atom. The average molecular weight is 206 g/mol. The lowest BCUT2D eigenvalue weighted by Gasteiger charge is -2.05. The Hall–Kier alpha value is -1.51. The number of Topliss-reactive ketones (excluding diaryl/α,β-unsaturated/α-hetero) is 1. The molecule has 0 aliphatic heterocycles. The van der Waals surface area contributed by atoms with Crippen molar-refractivity contribution in [2.75, 3.05) is 7.11 Å². The van der Waals surface area contributed by atoms with Crippen molar-refractivity contribution in [1.29, 1.82) is 0 Å². The number of carbonyl (C=O) groups is 1. The van der Waals surface area contributed by atoms with E-state index in [-0.39, 0.29) is 17.5 Å². The van der Waals surface area contributed by atoms with Gasteiger partial charge in [0.25, 0.3) is 0 Å². The summed E-state index contributed by atoms with van der Waals surface area (Å²) >= 11 is 0. The molecule has 2 atom stereocenters. The lowest BCUT2D eigenvalue weighted by molar-refractivity contribution is -0.118. The van der Waals surface area contributed by atoms with Gasteiger partial charge in [0, 0.05) is 5.92 Å². The molecule has 2 unspecified atom stereocenters. The van der Waals surface area contributed by atoms with E-state index in [1.807, 2.05) is 12.1 Å². The first-order valence-corrected chi connectivity index (χ1v) is 5.01. The van der Waals surface area contributed by atoms with Crippen molar-refractivity contribution >= 4 is 5.78 Å². The zero-order valence-electron chi connectivity index (χ0n) is 8.86. The fourth-order valence-corrected chi connectivity index (χ4v) is 1.94. The highest BCUT2D eigenvalue weighted by molar-refractivity contribution is 5.82. The molecule has 1 aromatic rings. The quantitative estimate of drug-likeness (QED) is 0.823. The van der Waals surface area contributed by atoms with Gasteiger partial charge in [0.15, 0.2) is 11.5 Å². The van der Waals surface area contributed by atoms with Crippen LogP contribution in [-0.2, 0) is 4.79 Å². The fourth-order valence-electron chi connectivity index (χ4n) is 1.94. The normalized spacial score (nSPS) is 23.6. The fraction of sp³-hybridized carbons (Fsp3) is 0.417. The second kappa shape index (κ2) is 3.57. The van der Waals surface area contributed by atoms with Crippen LogP contribution in [-0.4, -0.2) is 18.0 Å². The third kappa shape index (κ3) is 1.82. The van der Waals surface area contributed by atoms with E-state index in [9.17, 15) is 9.90 Å². The summed E-state index contributed by atoms with van der Waals surface area (Å²) in [7, 11) is 1.52. The van der Waals surface area contributed by atoms with Gasteiger partial charge in [-0.05, 0) is 37.0 Å². The summed E-state index contributed by atoms with van der Waals surface area (Å²) in [5.41, 5.74) is 1.07. The Bertz CT molecular complexity index is 398. The standard InChI is InChI=1S/C12H14O3/c1-7(13)9-6-10(9)8-3-4-11(14)12(5-8)15-2/h3-5,9-10,14H,6H2,1-2H3. The Balaban J connectivity index is 2.21. The Kier molecular flexibility index (Phi) is 2.39. The third-order valence-corrected chi connectivity index (χ3v) is 2.94. The average Bonchev–Trinajstić information content (AvgIpc) is 2.98. The van der Waals surface area contributed by atoms with Crippen LogP contribution in [0.25, 0.3) is 0 Å². The van der Waals surface area contributed by atoms with Gasteiger partial charge in [-0.25, -0.2) is 0 Å². The van der Waals surface area contributed by atoms with Gasteiger partial charge in [-0.15, -0.1) is 0 Å². The molecule has 1 aliphatic rings. The van der Waals surface area contributed by atoms with Gasteiger partial charge in [0.05, 0.1) is 7.11 Å². The van der Waals surface area contributed by atoms with Crippen molar-refractivity contribution in [3.63, 3.8) is 0 Å². The zero-order chi connectivity index (χ0) is 11.0. The van der Waals surface area contributed by atoms with Gasteiger partial charge >= 0.3 is 0 Å².